The highest BCUT2D eigenvalue weighted by atomic mass is 35.5. The molecule has 4 aromatic rings. The summed E-state index contributed by atoms with van der Waals surface area (Å²) in [7, 11) is 7.25. The molecule has 3 heterocycles. The SMILES string of the molecule is CN(C)C(=O)C1CN(C(c2ccccc2)c2ccccc2)C1.CN(C)C(=O)C1CNC1.Cl.O=C(O)C1CN(C(c2ccccc2)c2ccccc2)C1. The van der Waals surface area contributed by atoms with Crippen LogP contribution in [-0.2, 0) is 14.4 Å². The van der Waals surface area contributed by atoms with Crippen molar-refractivity contribution in [2.75, 3.05) is 67.5 Å². The van der Waals surface area contributed by atoms with Crippen molar-refractivity contribution >= 4 is 30.2 Å². The van der Waals surface area contributed by atoms with Crippen LogP contribution in [0, 0.1) is 17.8 Å². The summed E-state index contributed by atoms with van der Waals surface area (Å²) in [5.41, 5.74) is 4.99. The second-order valence-corrected chi connectivity index (χ2v) is 13.9. The molecule has 7 rings (SSSR count). The van der Waals surface area contributed by atoms with Crippen LogP contribution in [-0.4, -0.2) is 110 Å². The fraction of sp³-hybridized carbons (Fsp3) is 0.357. The number of benzene rings is 4. The van der Waals surface area contributed by atoms with E-state index in [-0.39, 0.29) is 54.1 Å². The Kier molecular flexibility index (Phi) is 15.0. The zero-order valence-electron chi connectivity index (χ0n) is 30.5. The average Bonchev–Trinajstić information content (AvgIpc) is 3.08. The molecular formula is C42H52ClN5O4. The lowest BCUT2D eigenvalue weighted by Crippen LogP contribution is -2.54. The van der Waals surface area contributed by atoms with Gasteiger partial charge in [-0.2, -0.15) is 0 Å². The zero-order valence-corrected chi connectivity index (χ0v) is 31.4. The largest absolute Gasteiger partial charge is 0.481 e. The molecule has 0 aromatic heterocycles. The molecule has 2 N–H and O–H groups in total. The van der Waals surface area contributed by atoms with Crippen LogP contribution in [0.1, 0.15) is 34.3 Å². The summed E-state index contributed by atoms with van der Waals surface area (Å²) in [6.45, 7) is 4.60. The summed E-state index contributed by atoms with van der Waals surface area (Å²) in [6.07, 6.45) is 0. The fourth-order valence-corrected chi connectivity index (χ4v) is 6.72. The number of amides is 2. The van der Waals surface area contributed by atoms with Gasteiger partial charge in [-0.05, 0) is 22.3 Å². The summed E-state index contributed by atoms with van der Waals surface area (Å²) >= 11 is 0. The quantitative estimate of drug-likeness (QED) is 0.242. The number of rotatable bonds is 9. The van der Waals surface area contributed by atoms with Gasteiger partial charge in [0.25, 0.3) is 0 Å². The molecule has 0 spiro atoms. The topological polar surface area (TPSA) is 96.4 Å². The van der Waals surface area contributed by atoms with Crippen LogP contribution in [0.4, 0.5) is 0 Å². The maximum Gasteiger partial charge on any atom is 0.309 e. The maximum absolute atomic E-state index is 12.1. The number of carbonyl (C=O) groups is 3. The first-order chi connectivity index (χ1) is 24.6. The molecule has 0 aliphatic carbocycles. The van der Waals surface area contributed by atoms with Gasteiger partial charge in [0, 0.05) is 67.5 Å². The number of halogens is 1. The van der Waals surface area contributed by atoms with Crippen LogP contribution in [0.5, 0.6) is 0 Å². The molecule has 3 fully saturated rings. The number of carboxylic acid groups (broad SMARTS) is 1. The normalized spacial score (nSPS) is 16.0. The molecule has 0 unspecified atom stereocenters. The Morgan fingerprint density at radius 3 is 1.06 bits per heavy atom. The minimum atomic E-state index is -0.693. The minimum Gasteiger partial charge on any atom is -0.481 e. The van der Waals surface area contributed by atoms with E-state index in [0.717, 1.165) is 26.2 Å². The van der Waals surface area contributed by atoms with E-state index in [0.29, 0.717) is 13.1 Å². The van der Waals surface area contributed by atoms with Gasteiger partial charge in [0.15, 0.2) is 0 Å². The number of aliphatic carboxylic acids is 1. The maximum atomic E-state index is 12.1. The molecule has 276 valence electrons. The van der Waals surface area contributed by atoms with Crippen molar-refractivity contribution in [3.05, 3.63) is 144 Å². The number of likely N-dealkylation sites (tertiary alicyclic amines) is 2. The number of hydrogen-bond acceptors (Lipinski definition) is 6. The lowest BCUT2D eigenvalue weighted by Gasteiger charge is -2.44. The van der Waals surface area contributed by atoms with Crippen LogP contribution >= 0.6 is 12.4 Å². The van der Waals surface area contributed by atoms with Crippen molar-refractivity contribution in [2.45, 2.75) is 12.1 Å². The highest BCUT2D eigenvalue weighted by molar-refractivity contribution is 5.85. The minimum absolute atomic E-state index is 0. The fourth-order valence-electron chi connectivity index (χ4n) is 6.72. The van der Waals surface area contributed by atoms with Crippen LogP contribution in [0.2, 0.25) is 0 Å². The third-order valence-electron chi connectivity index (χ3n) is 9.72. The van der Waals surface area contributed by atoms with Crippen molar-refractivity contribution in [2.24, 2.45) is 17.8 Å². The predicted octanol–water partition coefficient (Wildman–Crippen LogP) is 5.30. The molecule has 3 aliphatic heterocycles. The number of carboxylic acids is 1. The van der Waals surface area contributed by atoms with E-state index in [9.17, 15) is 14.4 Å². The molecule has 52 heavy (non-hydrogen) atoms. The molecule has 4 aromatic carbocycles. The molecular weight excluding hydrogens is 674 g/mol. The van der Waals surface area contributed by atoms with Crippen LogP contribution in [0.3, 0.4) is 0 Å². The first-order valence-electron chi connectivity index (χ1n) is 17.7. The number of nitrogens with one attached hydrogen (secondary N) is 1. The highest BCUT2D eigenvalue weighted by Gasteiger charge is 2.39. The Bertz CT molecular complexity index is 1600. The molecule has 3 aliphatic rings. The van der Waals surface area contributed by atoms with Crippen LogP contribution < -0.4 is 5.32 Å². The lowest BCUT2D eigenvalue weighted by atomic mass is 9.89. The summed E-state index contributed by atoms with van der Waals surface area (Å²) in [4.78, 5) is 42.0. The van der Waals surface area contributed by atoms with Crippen molar-refractivity contribution in [3.63, 3.8) is 0 Å². The summed E-state index contributed by atoms with van der Waals surface area (Å²) in [6, 6.07) is 42.0. The third-order valence-corrected chi connectivity index (χ3v) is 9.72. The van der Waals surface area contributed by atoms with Gasteiger partial charge in [-0.15, -0.1) is 12.4 Å². The molecule has 9 nitrogen and oxygen atoms in total. The van der Waals surface area contributed by atoms with Gasteiger partial charge in [0.1, 0.15) is 0 Å². The first kappa shape index (κ1) is 40.2. The van der Waals surface area contributed by atoms with Gasteiger partial charge in [-0.3, -0.25) is 24.2 Å². The molecule has 3 saturated heterocycles. The van der Waals surface area contributed by atoms with Gasteiger partial charge < -0.3 is 20.2 Å². The Morgan fingerprint density at radius 1 is 0.538 bits per heavy atom. The van der Waals surface area contributed by atoms with Gasteiger partial charge in [-0.1, -0.05) is 121 Å². The van der Waals surface area contributed by atoms with E-state index in [2.05, 4.69) is 87.9 Å². The number of carbonyl (C=O) groups excluding carboxylic acids is 2. The van der Waals surface area contributed by atoms with E-state index in [4.69, 9.17) is 5.11 Å². The van der Waals surface area contributed by atoms with Crippen molar-refractivity contribution in [3.8, 4) is 0 Å². The molecule has 0 radical (unpaired) electrons. The van der Waals surface area contributed by atoms with Crippen molar-refractivity contribution < 1.29 is 19.5 Å². The summed E-state index contributed by atoms with van der Waals surface area (Å²) < 4.78 is 0. The molecule has 0 saturated carbocycles. The van der Waals surface area contributed by atoms with E-state index in [1.807, 2.05) is 62.6 Å². The second-order valence-electron chi connectivity index (χ2n) is 13.9. The number of nitrogens with zero attached hydrogens (tertiary/aromatic N) is 4. The zero-order chi connectivity index (χ0) is 36.3. The van der Waals surface area contributed by atoms with Crippen LogP contribution in [0.25, 0.3) is 0 Å². The van der Waals surface area contributed by atoms with Crippen molar-refractivity contribution in [1.29, 1.82) is 0 Å². The Hall–Kier alpha value is -4.54. The van der Waals surface area contributed by atoms with Gasteiger partial charge in [-0.25, -0.2) is 0 Å². The van der Waals surface area contributed by atoms with Crippen molar-refractivity contribution in [1.82, 2.24) is 24.9 Å². The van der Waals surface area contributed by atoms with E-state index in [1.54, 1.807) is 23.9 Å². The Balaban J connectivity index is 0.000000187. The Morgan fingerprint density at radius 2 is 0.827 bits per heavy atom. The molecule has 0 atom stereocenters. The predicted molar refractivity (Wildman–Crippen MR) is 208 cm³/mol. The van der Waals surface area contributed by atoms with Gasteiger partial charge in [0.2, 0.25) is 11.8 Å². The monoisotopic (exact) mass is 725 g/mol. The van der Waals surface area contributed by atoms with Gasteiger partial charge in [0.05, 0.1) is 29.8 Å². The summed E-state index contributed by atoms with van der Waals surface area (Å²) in [5.74, 6) is -0.0687. The smallest absolute Gasteiger partial charge is 0.309 e. The third kappa shape index (κ3) is 10.3. The van der Waals surface area contributed by atoms with Gasteiger partial charge >= 0.3 is 5.97 Å². The van der Waals surface area contributed by atoms with E-state index in [1.165, 1.54) is 22.3 Å². The molecule has 10 heteroatoms. The number of hydrogen-bond donors (Lipinski definition) is 2. The van der Waals surface area contributed by atoms with Crippen LogP contribution in [0.15, 0.2) is 121 Å². The lowest BCUT2D eigenvalue weighted by molar-refractivity contribution is -0.148. The molecule has 0 bridgehead atoms. The Labute approximate surface area is 314 Å². The van der Waals surface area contributed by atoms with E-state index < -0.39 is 5.97 Å². The standard InChI is InChI=1S/C19H22N2O.C17H17NO2.C6H12N2O.ClH/c1-20(2)19(22)17-13-21(14-17)18(15-9-5-3-6-10-15)16-11-7-4-8-12-16;19-17(20)15-11-18(12-15)16(13-7-3-1-4-8-13)14-9-5-2-6-10-14;1-8(2)6(9)5-3-7-4-5;/h3-12,17-18H,13-14H2,1-2H3;1-10,15-16H,11-12H2,(H,19,20);5,7H,3-4H2,1-2H3;1H. The summed E-state index contributed by atoms with van der Waals surface area (Å²) in [5, 5.41) is 12.1. The highest BCUT2D eigenvalue weighted by Crippen LogP contribution is 2.35. The van der Waals surface area contributed by atoms with E-state index >= 15 is 0 Å². The molecule has 2 amide bonds. The average molecular weight is 726 g/mol. The second kappa shape index (κ2) is 19.3. The first-order valence-corrected chi connectivity index (χ1v) is 17.7.